The standard InChI is InChI=1S/C25H46N2O3/c1-24(2)17-19(18-25(3,4)27-24)14-12-10-8-6-5-7-9-11-13-15-21(28)20-16-22(29)26-23(20)30/h19-21,27-28H,5-18H2,1-4H3,(H,26,29,30). The molecule has 30 heavy (non-hydrogen) atoms. The minimum atomic E-state index is -0.674. The molecule has 2 fully saturated rings. The fraction of sp³-hybridized carbons (Fsp3) is 0.920. The molecule has 0 aromatic heterocycles. The first-order chi connectivity index (χ1) is 14.1. The summed E-state index contributed by atoms with van der Waals surface area (Å²) >= 11 is 0. The molecule has 0 radical (unpaired) electrons. The molecule has 2 aliphatic heterocycles. The number of piperidine rings is 1. The lowest BCUT2D eigenvalue weighted by atomic mass is 9.74. The number of carbonyl (C=O) groups is 2. The molecule has 2 atom stereocenters. The lowest BCUT2D eigenvalue weighted by Crippen LogP contribution is -2.57. The van der Waals surface area contributed by atoms with Crippen molar-refractivity contribution in [1.82, 2.24) is 10.6 Å². The van der Waals surface area contributed by atoms with E-state index < -0.39 is 12.0 Å². The van der Waals surface area contributed by atoms with E-state index in [1.165, 1.54) is 64.2 Å². The van der Waals surface area contributed by atoms with Gasteiger partial charge < -0.3 is 10.4 Å². The largest absolute Gasteiger partial charge is 0.392 e. The molecular formula is C25H46N2O3. The molecule has 0 aliphatic carbocycles. The summed E-state index contributed by atoms with van der Waals surface area (Å²) in [4.78, 5) is 22.8. The van der Waals surface area contributed by atoms with Crippen molar-refractivity contribution in [2.75, 3.05) is 0 Å². The lowest BCUT2D eigenvalue weighted by molar-refractivity contribution is -0.127. The predicted octanol–water partition coefficient (Wildman–Crippen LogP) is 4.86. The Morgan fingerprint density at radius 3 is 1.87 bits per heavy atom. The SMILES string of the molecule is CC1(C)CC(CCCCCCCCCCCC(O)C2CC(=O)NC2=O)CC(C)(C)N1. The second kappa shape index (κ2) is 11.6. The average Bonchev–Trinajstić information content (AvgIpc) is 2.95. The topological polar surface area (TPSA) is 78.4 Å². The first-order valence-electron chi connectivity index (χ1n) is 12.4. The van der Waals surface area contributed by atoms with Gasteiger partial charge in [-0.25, -0.2) is 0 Å². The fourth-order valence-electron chi connectivity index (χ4n) is 5.85. The Hall–Kier alpha value is -0.940. The number of nitrogens with one attached hydrogen (secondary N) is 2. The highest BCUT2D eigenvalue weighted by atomic mass is 16.3. The highest BCUT2D eigenvalue weighted by Gasteiger charge is 2.37. The molecule has 2 rings (SSSR count). The molecule has 0 aromatic rings. The van der Waals surface area contributed by atoms with E-state index in [9.17, 15) is 14.7 Å². The Kier molecular flexibility index (Phi) is 9.80. The summed E-state index contributed by atoms with van der Waals surface area (Å²) in [6.45, 7) is 9.37. The molecule has 174 valence electrons. The third-order valence-corrected chi connectivity index (χ3v) is 6.86. The van der Waals surface area contributed by atoms with E-state index in [0.717, 1.165) is 18.8 Å². The van der Waals surface area contributed by atoms with Gasteiger partial charge in [-0.2, -0.15) is 0 Å². The van der Waals surface area contributed by atoms with Crippen molar-refractivity contribution in [1.29, 1.82) is 0 Å². The first kappa shape index (κ1) is 25.3. The van der Waals surface area contributed by atoms with Gasteiger partial charge in [0.25, 0.3) is 0 Å². The second-order valence-electron chi connectivity index (χ2n) is 11.2. The number of amides is 2. The van der Waals surface area contributed by atoms with Crippen LogP contribution >= 0.6 is 0 Å². The van der Waals surface area contributed by atoms with Crippen LogP contribution < -0.4 is 10.6 Å². The zero-order chi connectivity index (χ0) is 22.2. The quantitative estimate of drug-likeness (QED) is 0.293. The summed E-state index contributed by atoms with van der Waals surface area (Å²) in [5.41, 5.74) is 0.535. The van der Waals surface area contributed by atoms with Gasteiger partial charge in [-0.15, -0.1) is 0 Å². The predicted molar refractivity (Wildman–Crippen MR) is 122 cm³/mol. The Bertz CT molecular complexity index is 543. The number of aliphatic hydroxyl groups is 1. The van der Waals surface area contributed by atoms with Crippen molar-refractivity contribution in [3.05, 3.63) is 0 Å². The van der Waals surface area contributed by atoms with E-state index in [1.54, 1.807) is 0 Å². The monoisotopic (exact) mass is 422 g/mol. The molecule has 0 saturated carbocycles. The number of rotatable bonds is 13. The van der Waals surface area contributed by atoms with Crippen LogP contribution in [0.2, 0.25) is 0 Å². The van der Waals surface area contributed by atoms with Crippen LogP contribution in [-0.2, 0) is 9.59 Å². The van der Waals surface area contributed by atoms with Crippen LogP contribution in [0, 0.1) is 11.8 Å². The molecule has 2 heterocycles. The Morgan fingerprint density at radius 1 is 0.867 bits per heavy atom. The minimum absolute atomic E-state index is 0.146. The van der Waals surface area contributed by atoms with Gasteiger partial charge in [0.2, 0.25) is 11.8 Å². The van der Waals surface area contributed by atoms with Crippen molar-refractivity contribution in [2.45, 2.75) is 135 Å². The maximum Gasteiger partial charge on any atom is 0.232 e. The average molecular weight is 423 g/mol. The molecule has 2 unspecified atom stereocenters. The van der Waals surface area contributed by atoms with Crippen LogP contribution in [-0.4, -0.2) is 34.1 Å². The van der Waals surface area contributed by atoms with Crippen LogP contribution in [0.15, 0.2) is 0 Å². The molecule has 5 nitrogen and oxygen atoms in total. The summed E-state index contributed by atoms with van der Waals surface area (Å²) in [5, 5.41) is 16.1. The van der Waals surface area contributed by atoms with Gasteiger partial charge >= 0.3 is 0 Å². The fourth-order valence-corrected chi connectivity index (χ4v) is 5.85. The molecule has 2 saturated heterocycles. The molecule has 2 amide bonds. The van der Waals surface area contributed by atoms with Crippen molar-refractivity contribution in [3.8, 4) is 0 Å². The van der Waals surface area contributed by atoms with E-state index in [1.807, 2.05) is 0 Å². The van der Waals surface area contributed by atoms with Crippen LogP contribution in [0.3, 0.4) is 0 Å². The van der Waals surface area contributed by atoms with Gasteiger partial charge in [-0.1, -0.05) is 64.2 Å². The zero-order valence-corrected chi connectivity index (χ0v) is 19.9. The highest BCUT2D eigenvalue weighted by molar-refractivity contribution is 6.03. The number of carbonyl (C=O) groups excluding carboxylic acids is 2. The summed E-state index contributed by atoms with van der Waals surface area (Å²) in [7, 11) is 0. The highest BCUT2D eigenvalue weighted by Crippen LogP contribution is 2.35. The maximum absolute atomic E-state index is 11.6. The van der Waals surface area contributed by atoms with Crippen LogP contribution in [0.5, 0.6) is 0 Å². The maximum atomic E-state index is 11.6. The summed E-state index contributed by atoms with van der Waals surface area (Å²) in [6.07, 6.45) is 15.3. The Balaban J connectivity index is 1.41. The molecule has 0 spiro atoms. The molecule has 0 aromatic carbocycles. The van der Waals surface area contributed by atoms with Crippen molar-refractivity contribution in [2.24, 2.45) is 11.8 Å². The van der Waals surface area contributed by atoms with Gasteiger partial charge in [0.15, 0.2) is 0 Å². The normalized spacial score (nSPS) is 24.8. The summed E-state index contributed by atoms with van der Waals surface area (Å²) < 4.78 is 0. The third-order valence-electron chi connectivity index (χ3n) is 6.86. The van der Waals surface area contributed by atoms with Crippen molar-refractivity contribution in [3.63, 3.8) is 0 Å². The summed E-state index contributed by atoms with van der Waals surface area (Å²) in [5.74, 6) is -0.230. The Labute approximate surface area is 184 Å². The second-order valence-corrected chi connectivity index (χ2v) is 11.2. The molecule has 2 aliphatic rings. The molecule has 0 bridgehead atoms. The molecular weight excluding hydrogens is 376 g/mol. The Morgan fingerprint density at radius 2 is 1.37 bits per heavy atom. The third kappa shape index (κ3) is 9.05. The lowest BCUT2D eigenvalue weighted by Gasteiger charge is -2.46. The number of aliphatic hydroxyl groups excluding tert-OH is 1. The van der Waals surface area contributed by atoms with Gasteiger partial charge in [0.05, 0.1) is 12.0 Å². The van der Waals surface area contributed by atoms with E-state index >= 15 is 0 Å². The molecule has 5 heteroatoms. The first-order valence-corrected chi connectivity index (χ1v) is 12.4. The summed E-state index contributed by atoms with van der Waals surface area (Å²) in [6, 6.07) is 0. The van der Waals surface area contributed by atoms with Gasteiger partial charge in [-0.05, 0) is 52.9 Å². The van der Waals surface area contributed by atoms with E-state index in [0.29, 0.717) is 6.42 Å². The van der Waals surface area contributed by atoms with Gasteiger partial charge in [0.1, 0.15) is 0 Å². The number of imide groups is 1. The van der Waals surface area contributed by atoms with Crippen LogP contribution in [0.4, 0.5) is 0 Å². The van der Waals surface area contributed by atoms with Gasteiger partial charge in [0, 0.05) is 17.5 Å². The zero-order valence-electron chi connectivity index (χ0n) is 19.9. The number of hydrogen-bond donors (Lipinski definition) is 3. The minimum Gasteiger partial charge on any atom is -0.392 e. The van der Waals surface area contributed by atoms with Crippen molar-refractivity contribution >= 4 is 11.8 Å². The number of unbranched alkanes of at least 4 members (excludes halogenated alkanes) is 8. The molecule has 3 N–H and O–H groups in total. The van der Waals surface area contributed by atoms with Crippen LogP contribution in [0.1, 0.15) is 118 Å². The van der Waals surface area contributed by atoms with Gasteiger partial charge in [-0.3, -0.25) is 14.9 Å². The van der Waals surface area contributed by atoms with Crippen molar-refractivity contribution < 1.29 is 14.7 Å². The van der Waals surface area contributed by atoms with E-state index in [4.69, 9.17) is 0 Å². The number of hydrogen-bond acceptors (Lipinski definition) is 4. The smallest absolute Gasteiger partial charge is 0.232 e. The van der Waals surface area contributed by atoms with E-state index in [-0.39, 0.29) is 29.3 Å². The van der Waals surface area contributed by atoms with E-state index in [2.05, 4.69) is 38.3 Å². The van der Waals surface area contributed by atoms with Crippen LogP contribution in [0.25, 0.3) is 0 Å².